The van der Waals surface area contributed by atoms with Gasteiger partial charge in [-0.2, -0.15) is 0 Å². The number of aryl methyl sites for hydroxylation is 1. The van der Waals surface area contributed by atoms with Crippen molar-refractivity contribution in [3.8, 4) is 0 Å². The van der Waals surface area contributed by atoms with Gasteiger partial charge in [0.1, 0.15) is 6.54 Å². The molecule has 20 heavy (non-hydrogen) atoms. The predicted octanol–water partition coefficient (Wildman–Crippen LogP) is 1.03. The van der Waals surface area contributed by atoms with Gasteiger partial charge in [0.25, 0.3) is 0 Å². The first-order chi connectivity index (χ1) is 9.36. The smallest absolute Gasteiger partial charge is 0.337 e. The summed E-state index contributed by atoms with van der Waals surface area (Å²) in [4.78, 5) is 35.2. The average Bonchev–Trinajstić information content (AvgIpc) is 2.37. The van der Waals surface area contributed by atoms with Crippen LogP contribution < -0.4 is 11.1 Å². The van der Waals surface area contributed by atoms with Crippen LogP contribution in [0.3, 0.4) is 0 Å². The molecule has 0 aliphatic rings. The Labute approximate surface area is 116 Å². The molecule has 7 heteroatoms. The maximum absolute atomic E-state index is 12.0. The maximum atomic E-state index is 12.0. The lowest BCUT2D eigenvalue weighted by atomic mass is 10.1. The van der Waals surface area contributed by atoms with E-state index in [9.17, 15) is 14.4 Å². The van der Waals surface area contributed by atoms with E-state index in [0.717, 1.165) is 0 Å². The van der Waals surface area contributed by atoms with Crippen molar-refractivity contribution in [2.45, 2.75) is 13.8 Å². The number of rotatable bonds is 5. The van der Waals surface area contributed by atoms with E-state index in [1.807, 2.05) is 0 Å². The topological polar surface area (TPSA) is 113 Å². The molecule has 0 aromatic heterocycles. The summed E-state index contributed by atoms with van der Waals surface area (Å²) in [5.41, 5.74) is 5.88. The molecule has 7 nitrogen and oxygen atoms in total. The number of nitrogens with zero attached hydrogens (tertiary/aromatic N) is 1. The highest BCUT2D eigenvalue weighted by Crippen LogP contribution is 2.21. The number of carboxylic acid groups (broad SMARTS) is 1. The summed E-state index contributed by atoms with van der Waals surface area (Å²) >= 11 is 0. The highest BCUT2D eigenvalue weighted by molar-refractivity contribution is 6.01. The molecule has 1 aromatic carbocycles. The molecule has 0 atom stereocenters. The van der Waals surface area contributed by atoms with Crippen LogP contribution in [0.4, 0.5) is 10.5 Å². The van der Waals surface area contributed by atoms with Gasteiger partial charge >= 0.3 is 12.0 Å². The van der Waals surface area contributed by atoms with Crippen molar-refractivity contribution in [1.82, 2.24) is 4.90 Å². The molecule has 0 saturated carbocycles. The van der Waals surface area contributed by atoms with Crippen molar-refractivity contribution >= 4 is 23.6 Å². The molecule has 1 rings (SSSR count). The lowest BCUT2D eigenvalue weighted by Crippen LogP contribution is -2.41. The molecule has 3 amide bonds. The minimum absolute atomic E-state index is 0.00604. The lowest BCUT2D eigenvalue weighted by Gasteiger charge is -2.21. The maximum Gasteiger partial charge on any atom is 0.337 e. The summed E-state index contributed by atoms with van der Waals surface area (Å²) in [7, 11) is 0. The minimum Gasteiger partial charge on any atom is -0.478 e. The number of anilines is 1. The first-order valence-electron chi connectivity index (χ1n) is 6.04. The highest BCUT2D eigenvalue weighted by atomic mass is 16.4. The number of nitrogens with one attached hydrogen (secondary N) is 1. The Balaban J connectivity index is 3.00. The number of para-hydroxylation sites is 1. The molecule has 0 aliphatic heterocycles. The van der Waals surface area contributed by atoms with Crippen LogP contribution in [0.15, 0.2) is 18.2 Å². The molecule has 0 aliphatic carbocycles. The van der Waals surface area contributed by atoms with E-state index in [0.29, 0.717) is 5.56 Å². The SMILES string of the molecule is CCN(CC(N)=O)C(=O)Nc1c(C)cccc1C(=O)O. The Kier molecular flexibility index (Phi) is 5.08. The number of amides is 3. The number of carbonyl (C=O) groups excluding carboxylic acids is 2. The molecular weight excluding hydrogens is 262 g/mol. The van der Waals surface area contributed by atoms with Gasteiger partial charge in [-0.15, -0.1) is 0 Å². The Morgan fingerprint density at radius 1 is 1.35 bits per heavy atom. The molecule has 0 unspecified atom stereocenters. The van der Waals surface area contributed by atoms with E-state index in [1.54, 1.807) is 26.0 Å². The fourth-order valence-electron chi connectivity index (χ4n) is 1.71. The monoisotopic (exact) mass is 279 g/mol. The number of aromatic carboxylic acids is 1. The average molecular weight is 279 g/mol. The summed E-state index contributed by atoms with van der Waals surface area (Å²) in [6, 6.07) is 4.11. The predicted molar refractivity (Wildman–Crippen MR) is 73.6 cm³/mol. The van der Waals surface area contributed by atoms with Gasteiger partial charge in [0.2, 0.25) is 5.91 Å². The van der Waals surface area contributed by atoms with Crippen molar-refractivity contribution < 1.29 is 19.5 Å². The van der Waals surface area contributed by atoms with Crippen LogP contribution in [0, 0.1) is 6.92 Å². The van der Waals surface area contributed by atoms with Crippen molar-refractivity contribution in [2.24, 2.45) is 5.73 Å². The van der Waals surface area contributed by atoms with E-state index in [2.05, 4.69) is 5.32 Å². The Morgan fingerprint density at radius 2 is 2.00 bits per heavy atom. The zero-order valence-electron chi connectivity index (χ0n) is 11.3. The van der Waals surface area contributed by atoms with Crippen molar-refractivity contribution in [3.05, 3.63) is 29.3 Å². The molecule has 0 heterocycles. The van der Waals surface area contributed by atoms with Crippen molar-refractivity contribution in [2.75, 3.05) is 18.4 Å². The van der Waals surface area contributed by atoms with Crippen LogP contribution in [-0.4, -0.2) is 41.0 Å². The van der Waals surface area contributed by atoms with Crippen LogP contribution in [-0.2, 0) is 4.79 Å². The molecule has 0 fully saturated rings. The lowest BCUT2D eigenvalue weighted by molar-refractivity contribution is -0.118. The van der Waals surface area contributed by atoms with Gasteiger partial charge in [-0.25, -0.2) is 9.59 Å². The number of hydrogen-bond donors (Lipinski definition) is 3. The number of urea groups is 1. The van der Waals surface area contributed by atoms with Gasteiger partial charge in [0, 0.05) is 6.54 Å². The minimum atomic E-state index is -1.14. The van der Waals surface area contributed by atoms with Crippen LogP contribution in [0.25, 0.3) is 0 Å². The normalized spacial score (nSPS) is 9.90. The number of likely N-dealkylation sites (N-methyl/N-ethyl adjacent to an activating group) is 1. The van der Waals surface area contributed by atoms with Gasteiger partial charge in [-0.05, 0) is 25.5 Å². The zero-order chi connectivity index (χ0) is 15.3. The summed E-state index contributed by atoms with van der Waals surface area (Å²) in [5, 5.41) is 11.6. The summed E-state index contributed by atoms with van der Waals surface area (Å²) < 4.78 is 0. The Morgan fingerprint density at radius 3 is 2.50 bits per heavy atom. The molecule has 108 valence electrons. The molecule has 0 saturated heterocycles. The van der Waals surface area contributed by atoms with E-state index in [-0.39, 0.29) is 24.3 Å². The fraction of sp³-hybridized carbons (Fsp3) is 0.308. The van der Waals surface area contributed by atoms with Crippen LogP contribution in [0.2, 0.25) is 0 Å². The Bertz CT molecular complexity index is 542. The molecule has 0 spiro atoms. The van der Waals surface area contributed by atoms with Gasteiger partial charge in [-0.3, -0.25) is 4.79 Å². The highest BCUT2D eigenvalue weighted by Gasteiger charge is 2.18. The fourth-order valence-corrected chi connectivity index (χ4v) is 1.71. The van der Waals surface area contributed by atoms with E-state index >= 15 is 0 Å². The first kappa shape index (κ1) is 15.5. The second kappa shape index (κ2) is 6.55. The number of hydrogen-bond acceptors (Lipinski definition) is 3. The molecule has 0 radical (unpaired) electrons. The standard InChI is InChI=1S/C13H17N3O4/c1-3-16(7-10(14)17)13(20)15-11-8(2)5-4-6-9(11)12(18)19/h4-6H,3,7H2,1-2H3,(H2,14,17)(H,15,20)(H,18,19). The quantitative estimate of drug-likeness (QED) is 0.747. The zero-order valence-corrected chi connectivity index (χ0v) is 11.3. The summed E-state index contributed by atoms with van der Waals surface area (Å²) in [6.07, 6.45) is 0. The molecular formula is C13H17N3O4. The number of nitrogens with two attached hydrogens (primary N) is 1. The van der Waals surface area contributed by atoms with Gasteiger partial charge < -0.3 is 21.1 Å². The third kappa shape index (κ3) is 3.71. The van der Waals surface area contributed by atoms with Gasteiger partial charge in [0.15, 0.2) is 0 Å². The molecule has 0 bridgehead atoms. The van der Waals surface area contributed by atoms with Crippen molar-refractivity contribution in [3.63, 3.8) is 0 Å². The Hall–Kier alpha value is -2.57. The molecule has 4 N–H and O–H groups in total. The number of primary amides is 1. The summed E-state index contributed by atoms with van der Waals surface area (Å²) in [5.74, 6) is -1.77. The number of carboxylic acids is 1. The van der Waals surface area contributed by atoms with Crippen LogP contribution in [0.5, 0.6) is 0 Å². The van der Waals surface area contributed by atoms with Gasteiger partial charge in [-0.1, -0.05) is 12.1 Å². The largest absolute Gasteiger partial charge is 0.478 e. The van der Waals surface area contributed by atoms with Crippen LogP contribution >= 0.6 is 0 Å². The van der Waals surface area contributed by atoms with E-state index < -0.39 is 17.9 Å². The van der Waals surface area contributed by atoms with Crippen molar-refractivity contribution in [1.29, 1.82) is 0 Å². The van der Waals surface area contributed by atoms with Crippen LogP contribution in [0.1, 0.15) is 22.8 Å². The summed E-state index contributed by atoms with van der Waals surface area (Å²) in [6.45, 7) is 3.44. The molecule has 1 aromatic rings. The van der Waals surface area contributed by atoms with Gasteiger partial charge in [0.05, 0.1) is 11.3 Å². The van der Waals surface area contributed by atoms with E-state index in [4.69, 9.17) is 10.8 Å². The second-order valence-electron chi connectivity index (χ2n) is 4.21. The third-order valence-electron chi connectivity index (χ3n) is 2.75. The third-order valence-corrected chi connectivity index (χ3v) is 2.75. The number of benzene rings is 1. The second-order valence-corrected chi connectivity index (χ2v) is 4.21. The first-order valence-corrected chi connectivity index (χ1v) is 6.04. The number of carbonyl (C=O) groups is 3. The van der Waals surface area contributed by atoms with E-state index in [1.165, 1.54) is 11.0 Å².